The average Bonchev–Trinajstić information content (AvgIpc) is 2.88. The van der Waals surface area contributed by atoms with Crippen molar-refractivity contribution >= 4 is 0 Å². The molecule has 0 aliphatic carbocycles. The van der Waals surface area contributed by atoms with Gasteiger partial charge in [-0.3, -0.25) is 10.7 Å². The van der Waals surface area contributed by atoms with Crippen LogP contribution in [-0.4, -0.2) is 33.1 Å². The summed E-state index contributed by atoms with van der Waals surface area (Å²) in [6.45, 7) is 9.88. The number of imidazole rings is 1. The third-order valence-electron chi connectivity index (χ3n) is 4.39. The van der Waals surface area contributed by atoms with Crippen molar-refractivity contribution in [3.63, 3.8) is 0 Å². The Bertz CT molecular complexity index is 392. The highest BCUT2D eigenvalue weighted by atomic mass is 15.3. The predicted molar refractivity (Wildman–Crippen MR) is 77.5 cm³/mol. The van der Waals surface area contributed by atoms with Crippen LogP contribution in [0.4, 0.5) is 0 Å². The maximum atomic E-state index is 5.85. The van der Waals surface area contributed by atoms with Crippen molar-refractivity contribution in [3.05, 3.63) is 18.2 Å². The number of hydrazine groups is 1. The fraction of sp³-hybridized carbons (Fsp3) is 0.786. The quantitative estimate of drug-likeness (QED) is 0.628. The maximum Gasteiger partial charge on any atom is 0.129 e. The van der Waals surface area contributed by atoms with Gasteiger partial charge in [-0.05, 0) is 46.7 Å². The van der Waals surface area contributed by atoms with Gasteiger partial charge < -0.3 is 4.57 Å². The van der Waals surface area contributed by atoms with Crippen LogP contribution >= 0.6 is 0 Å². The first-order valence-electron chi connectivity index (χ1n) is 7.33. The van der Waals surface area contributed by atoms with Gasteiger partial charge in [0, 0.05) is 24.5 Å². The summed E-state index contributed by atoms with van der Waals surface area (Å²) in [7, 11) is 0. The summed E-state index contributed by atoms with van der Waals surface area (Å²) in [6.07, 6.45) is 7.78. The molecule has 0 aromatic carbocycles. The molecule has 1 aromatic rings. The Balaban J connectivity index is 2.24. The van der Waals surface area contributed by atoms with Crippen LogP contribution in [0.2, 0.25) is 0 Å². The van der Waals surface area contributed by atoms with Gasteiger partial charge in [-0.25, -0.2) is 10.4 Å². The zero-order chi connectivity index (χ0) is 13.9. The molecular formula is C14H27N5. The number of nitrogens with one attached hydrogen (secondary N) is 1. The SMILES string of the molecule is CCn1ccnc1C(NN)C(C)(C)N1CCCCC1. The lowest BCUT2D eigenvalue weighted by Crippen LogP contribution is -2.56. The first kappa shape index (κ1) is 14.5. The largest absolute Gasteiger partial charge is 0.334 e. The van der Waals surface area contributed by atoms with Crippen LogP contribution in [0.5, 0.6) is 0 Å². The van der Waals surface area contributed by atoms with Crippen LogP contribution in [-0.2, 0) is 6.54 Å². The number of hydrogen-bond acceptors (Lipinski definition) is 4. The van der Waals surface area contributed by atoms with E-state index in [1.165, 1.54) is 19.3 Å². The molecule has 1 aromatic heterocycles. The third-order valence-corrected chi connectivity index (χ3v) is 4.39. The summed E-state index contributed by atoms with van der Waals surface area (Å²) in [5.74, 6) is 6.88. The molecule has 0 spiro atoms. The Labute approximate surface area is 116 Å². The van der Waals surface area contributed by atoms with Crippen molar-refractivity contribution in [3.8, 4) is 0 Å². The van der Waals surface area contributed by atoms with Gasteiger partial charge in [0.25, 0.3) is 0 Å². The molecule has 1 aliphatic heterocycles. The number of piperidine rings is 1. The molecule has 0 saturated carbocycles. The minimum atomic E-state index is -0.0343. The fourth-order valence-corrected chi connectivity index (χ4v) is 3.10. The number of aryl methyl sites for hydroxylation is 1. The van der Waals surface area contributed by atoms with Gasteiger partial charge in [0.05, 0.1) is 6.04 Å². The lowest BCUT2D eigenvalue weighted by Gasteiger charge is -2.45. The van der Waals surface area contributed by atoms with Crippen LogP contribution in [0.1, 0.15) is 51.9 Å². The summed E-state index contributed by atoms with van der Waals surface area (Å²) in [6, 6.07) is 0.0422. The zero-order valence-electron chi connectivity index (χ0n) is 12.4. The Morgan fingerprint density at radius 3 is 2.63 bits per heavy atom. The summed E-state index contributed by atoms with van der Waals surface area (Å²) in [5.41, 5.74) is 2.96. The average molecular weight is 265 g/mol. The molecule has 0 bridgehead atoms. The molecular weight excluding hydrogens is 238 g/mol. The highest BCUT2D eigenvalue weighted by Gasteiger charge is 2.38. The first-order valence-corrected chi connectivity index (χ1v) is 7.33. The third kappa shape index (κ3) is 2.83. The Morgan fingerprint density at radius 2 is 2.05 bits per heavy atom. The molecule has 1 saturated heterocycles. The van der Waals surface area contributed by atoms with E-state index >= 15 is 0 Å². The minimum Gasteiger partial charge on any atom is -0.334 e. The lowest BCUT2D eigenvalue weighted by molar-refractivity contribution is 0.0569. The Hall–Kier alpha value is -0.910. The van der Waals surface area contributed by atoms with Crippen molar-refractivity contribution in [2.75, 3.05) is 13.1 Å². The van der Waals surface area contributed by atoms with Crippen LogP contribution in [0, 0.1) is 0 Å². The highest BCUT2D eigenvalue weighted by Crippen LogP contribution is 2.31. The second-order valence-corrected chi connectivity index (χ2v) is 5.87. The van der Waals surface area contributed by atoms with E-state index < -0.39 is 0 Å². The summed E-state index contributed by atoms with van der Waals surface area (Å²) in [4.78, 5) is 7.05. The highest BCUT2D eigenvalue weighted by molar-refractivity contribution is 5.08. The number of nitrogens with zero attached hydrogens (tertiary/aromatic N) is 3. The fourth-order valence-electron chi connectivity index (χ4n) is 3.10. The van der Waals surface area contributed by atoms with Crippen LogP contribution in [0.25, 0.3) is 0 Å². The van der Waals surface area contributed by atoms with E-state index in [0.29, 0.717) is 0 Å². The monoisotopic (exact) mass is 265 g/mol. The Morgan fingerprint density at radius 1 is 1.37 bits per heavy atom. The minimum absolute atomic E-state index is 0.0343. The molecule has 5 heteroatoms. The summed E-state index contributed by atoms with van der Waals surface area (Å²) in [5, 5.41) is 0. The van der Waals surface area contributed by atoms with Crippen LogP contribution in [0.3, 0.4) is 0 Å². The van der Waals surface area contributed by atoms with Crippen molar-refractivity contribution < 1.29 is 0 Å². The smallest absolute Gasteiger partial charge is 0.129 e. The van der Waals surface area contributed by atoms with E-state index in [0.717, 1.165) is 25.5 Å². The molecule has 0 radical (unpaired) electrons. The molecule has 0 amide bonds. The summed E-state index contributed by atoms with van der Waals surface area (Å²) >= 11 is 0. The number of rotatable bonds is 5. The van der Waals surface area contributed by atoms with Gasteiger partial charge in [0.15, 0.2) is 0 Å². The first-order chi connectivity index (χ1) is 9.11. The van der Waals surface area contributed by atoms with Gasteiger partial charge in [-0.1, -0.05) is 6.42 Å². The topological polar surface area (TPSA) is 59.1 Å². The van der Waals surface area contributed by atoms with Gasteiger partial charge >= 0.3 is 0 Å². The lowest BCUT2D eigenvalue weighted by atomic mass is 9.89. The molecule has 5 nitrogen and oxygen atoms in total. The second kappa shape index (κ2) is 6.03. The molecule has 1 fully saturated rings. The van der Waals surface area contributed by atoms with E-state index in [-0.39, 0.29) is 11.6 Å². The van der Waals surface area contributed by atoms with Crippen molar-refractivity contribution in [1.29, 1.82) is 0 Å². The summed E-state index contributed by atoms with van der Waals surface area (Å²) < 4.78 is 2.16. The van der Waals surface area contributed by atoms with E-state index in [9.17, 15) is 0 Å². The molecule has 1 unspecified atom stereocenters. The molecule has 1 atom stereocenters. The number of likely N-dealkylation sites (tertiary alicyclic amines) is 1. The second-order valence-electron chi connectivity index (χ2n) is 5.87. The zero-order valence-corrected chi connectivity index (χ0v) is 12.4. The molecule has 19 heavy (non-hydrogen) atoms. The van der Waals surface area contributed by atoms with Crippen molar-refractivity contribution in [2.45, 2.75) is 58.2 Å². The van der Waals surface area contributed by atoms with Crippen LogP contribution in [0.15, 0.2) is 12.4 Å². The molecule has 1 aliphatic rings. The standard InChI is InChI=1S/C14H27N5/c1-4-18-11-8-16-13(18)12(17-15)14(2,3)19-9-6-5-7-10-19/h8,11-12,17H,4-7,9-10,15H2,1-3H3. The number of hydrogen-bond donors (Lipinski definition) is 2. The van der Waals surface area contributed by atoms with Crippen molar-refractivity contribution in [1.82, 2.24) is 19.9 Å². The van der Waals surface area contributed by atoms with E-state index in [2.05, 4.69) is 40.6 Å². The predicted octanol–water partition coefficient (Wildman–Crippen LogP) is 1.67. The van der Waals surface area contributed by atoms with Gasteiger partial charge in [0.1, 0.15) is 5.82 Å². The molecule has 3 N–H and O–H groups in total. The van der Waals surface area contributed by atoms with E-state index in [1.807, 2.05) is 12.4 Å². The van der Waals surface area contributed by atoms with Gasteiger partial charge in [0.2, 0.25) is 0 Å². The van der Waals surface area contributed by atoms with E-state index in [4.69, 9.17) is 5.84 Å². The maximum absolute atomic E-state index is 5.85. The molecule has 2 heterocycles. The number of aromatic nitrogens is 2. The normalized spacial score (nSPS) is 19.6. The van der Waals surface area contributed by atoms with Gasteiger partial charge in [-0.2, -0.15) is 0 Å². The molecule has 108 valence electrons. The molecule has 2 rings (SSSR count). The van der Waals surface area contributed by atoms with E-state index in [1.54, 1.807) is 0 Å². The number of nitrogens with two attached hydrogens (primary N) is 1. The Kier molecular flexibility index (Phi) is 4.60. The van der Waals surface area contributed by atoms with Crippen molar-refractivity contribution in [2.24, 2.45) is 5.84 Å². The van der Waals surface area contributed by atoms with Gasteiger partial charge in [-0.15, -0.1) is 0 Å². The van der Waals surface area contributed by atoms with Crippen LogP contribution < -0.4 is 11.3 Å².